The second-order valence-electron chi connectivity index (χ2n) is 8.28. The fourth-order valence-electron chi connectivity index (χ4n) is 4.17. The predicted molar refractivity (Wildman–Crippen MR) is 125 cm³/mol. The van der Waals surface area contributed by atoms with E-state index in [1.54, 1.807) is 7.05 Å². The monoisotopic (exact) mass is 428 g/mol. The summed E-state index contributed by atoms with van der Waals surface area (Å²) >= 11 is 0. The number of hydrogen-bond acceptors (Lipinski definition) is 5. The molecule has 0 saturated carbocycles. The molecule has 1 aliphatic rings. The van der Waals surface area contributed by atoms with Crippen molar-refractivity contribution in [2.75, 3.05) is 5.01 Å². The van der Waals surface area contributed by atoms with Crippen LogP contribution in [0.1, 0.15) is 22.3 Å². The average Bonchev–Trinajstić information content (AvgIpc) is 3.19. The highest BCUT2D eigenvalue weighted by Crippen LogP contribution is 2.27. The number of anilines is 1. The van der Waals surface area contributed by atoms with Gasteiger partial charge in [0.15, 0.2) is 11.2 Å². The summed E-state index contributed by atoms with van der Waals surface area (Å²) in [7, 11) is 3.13. The van der Waals surface area contributed by atoms with Gasteiger partial charge in [0.2, 0.25) is 5.95 Å². The van der Waals surface area contributed by atoms with Crippen molar-refractivity contribution in [2.24, 2.45) is 19.2 Å². The Morgan fingerprint density at radius 3 is 2.47 bits per heavy atom. The molecule has 8 nitrogen and oxygen atoms in total. The zero-order chi connectivity index (χ0) is 22.6. The molecule has 162 valence electrons. The van der Waals surface area contributed by atoms with Crippen LogP contribution in [0.15, 0.2) is 63.2 Å². The highest BCUT2D eigenvalue weighted by Gasteiger charge is 2.28. The van der Waals surface area contributed by atoms with Crippen molar-refractivity contribution in [1.82, 2.24) is 18.7 Å². The fourth-order valence-corrected chi connectivity index (χ4v) is 4.17. The van der Waals surface area contributed by atoms with Gasteiger partial charge in [-0.1, -0.05) is 54.1 Å². The molecule has 1 aliphatic heterocycles. The van der Waals surface area contributed by atoms with Crippen molar-refractivity contribution in [3.8, 4) is 0 Å². The fraction of sp³-hybridized carbons (Fsp3) is 0.250. The first kappa shape index (κ1) is 20.0. The van der Waals surface area contributed by atoms with Gasteiger partial charge in [0.05, 0.1) is 18.8 Å². The van der Waals surface area contributed by atoms with Crippen LogP contribution in [-0.4, -0.2) is 24.4 Å². The maximum atomic E-state index is 13.1. The van der Waals surface area contributed by atoms with Crippen molar-refractivity contribution >= 4 is 22.8 Å². The van der Waals surface area contributed by atoms with Crippen LogP contribution in [0.4, 0.5) is 5.95 Å². The van der Waals surface area contributed by atoms with Crippen molar-refractivity contribution in [1.29, 1.82) is 0 Å². The summed E-state index contributed by atoms with van der Waals surface area (Å²) in [6, 6.07) is 16.2. The van der Waals surface area contributed by atoms with E-state index in [9.17, 15) is 9.59 Å². The van der Waals surface area contributed by atoms with Crippen LogP contribution in [0.5, 0.6) is 0 Å². The van der Waals surface area contributed by atoms with E-state index >= 15 is 0 Å². The number of hydrogen-bond donors (Lipinski definition) is 0. The first-order valence-electron chi connectivity index (χ1n) is 10.5. The summed E-state index contributed by atoms with van der Waals surface area (Å²) in [5.74, 6) is 0.555. The van der Waals surface area contributed by atoms with Gasteiger partial charge in [0.25, 0.3) is 5.56 Å². The van der Waals surface area contributed by atoms with Gasteiger partial charge in [-0.05, 0) is 30.5 Å². The Morgan fingerprint density at radius 1 is 0.969 bits per heavy atom. The SMILES string of the molecule is Cc1ccc(C)c(CN2N=C(c3ccccc3)Cn3c2nc2c3c(=O)n(C)c(=O)n2C)c1. The van der Waals surface area contributed by atoms with Crippen LogP contribution in [0.3, 0.4) is 0 Å². The number of benzene rings is 2. The Kier molecular flexibility index (Phi) is 4.58. The van der Waals surface area contributed by atoms with Crippen LogP contribution in [-0.2, 0) is 27.2 Å². The third-order valence-corrected chi connectivity index (χ3v) is 6.04. The second kappa shape index (κ2) is 7.33. The van der Waals surface area contributed by atoms with Gasteiger partial charge in [-0.3, -0.25) is 18.5 Å². The minimum absolute atomic E-state index is 0.358. The van der Waals surface area contributed by atoms with Gasteiger partial charge in [-0.25, -0.2) is 9.80 Å². The molecule has 4 aromatic rings. The molecule has 32 heavy (non-hydrogen) atoms. The largest absolute Gasteiger partial charge is 0.332 e. The smallest absolute Gasteiger partial charge is 0.297 e. The molecule has 0 N–H and O–H groups in total. The molecule has 3 heterocycles. The third-order valence-electron chi connectivity index (χ3n) is 6.04. The molecule has 0 fully saturated rings. The van der Waals surface area contributed by atoms with Gasteiger partial charge < -0.3 is 0 Å². The van der Waals surface area contributed by atoms with Crippen molar-refractivity contribution in [3.63, 3.8) is 0 Å². The molecular weight excluding hydrogens is 404 g/mol. The van der Waals surface area contributed by atoms with Crippen LogP contribution >= 0.6 is 0 Å². The quantitative estimate of drug-likeness (QED) is 0.502. The predicted octanol–water partition coefficient (Wildman–Crippen LogP) is 2.48. The Hall–Kier alpha value is -3.94. The summed E-state index contributed by atoms with van der Waals surface area (Å²) in [6.45, 7) is 5.03. The maximum Gasteiger partial charge on any atom is 0.332 e. The molecule has 2 aromatic carbocycles. The number of aryl methyl sites for hydroxylation is 3. The molecule has 2 aromatic heterocycles. The van der Waals surface area contributed by atoms with Gasteiger partial charge in [0, 0.05) is 14.1 Å². The van der Waals surface area contributed by atoms with E-state index in [-0.39, 0.29) is 5.56 Å². The normalized spacial score (nSPS) is 13.4. The minimum atomic E-state index is -0.400. The molecular formula is C24H24N6O2. The van der Waals surface area contributed by atoms with Crippen molar-refractivity contribution in [3.05, 3.63) is 91.6 Å². The zero-order valence-corrected chi connectivity index (χ0v) is 18.5. The van der Waals surface area contributed by atoms with Gasteiger partial charge in [0.1, 0.15) is 0 Å². The van der Waals surface area contributed by atoms with Crippen molar-refractivity contribution in [2.45, 2.75) is 26.9 Å². The molecule has 8 heteroatoms. The van der Waals surface area contributed by atoms with E-state index in [4.69, 9.17) is 10.1 Å². The summed E-state index contributed by atoms with van der Waals surface area (Å²) in [5.41, 5.74) is 5.27. The first-order chi connectivity index (χ1) is 15.3. The maximum absolute atomic E-state index is 13.1. The van der Waals surface area contributed by atoms with E-state index in [1.807, 2.05) is 39.9 Å². The number of fused-ring (bicyclic) bond motifs is 3. The minimum Gasteiger partial charge on any atom is -0.297 e. The Morgan fingerprint density at radius 2 is 1.72 bits per heavy atom. The number of rotatable bonds is 3. The highest BCUT2D eigenvalue weighted by atomic mass is 16.2. The van der Waals surface area contributed by atoms with Crippen LogP contribution in [0, 0.1) is 13.8 Å². The summed E-state index contributed by atoms with van der Waals surface area (Å²) in [6.07, 6.45) is 0. The molecule has 0 bridgehead atoms. The van der Waals surface area contributed by atoms with E-state index in [0.29, 0.717) is 30.2 Å². The van der Waals surface area contributed by atoms with Crippen LogP contribution in [0.25, 0.3) is 11.2 Å². The lowest BCUT2D eigenvalue weighted by atomic mass is 10.1. The summed E-state index contributed by atoms with van der Waals surface area (Å²) < 4.78 is 4.41. The lowest BCUT2D eigenvalue weighted by Crippen LogP contribution is -2.38. The van der Waals surface area contributed by atoms with Crippen LogP contribution in [0.2, 0.25) is 0 Å². The highest BCUT2D eigenvalue weighted by molar-refractivity contribution is 6.02. The lowest BCUT2D eigenvalue weighted by Gasteiger charge is -2.27. The number of nitrogens with zero attached hydrogens (tertiary/aromatic N) is 6. The lowest BCUT2D eigenvalue weighted by molar-refractivity contribution is 0.699. The Balaban J connectivity index is 1.75. The standard InChI is InChI=1S/C24H24N6O2/c1-15-10-11-16(2)18(12-15)13-30-23-25-21-20(22(31)28(4)24(32)27(21)3)29(23)14-19(26-30)17-8-6-5-7-9-17/h5-12H,13-14H2,1-4H3. The number of imidazole rings is 1. The third kappa shape index (κ3) is 3.07. The number of hydrazone groups is 1. The van der Waals surface area contributed by atoms with Gasteiger partial charge in [-0.15, -0.1) is 0 Å². The molecule has 0 atom stereocenters. The molecule has 0 aliphatic carbocycles. The Labute approximate surface area is 184 Å². The van der Waals surface area contributed by atoms with Gasteiger partial charge >= 0.3 is 5.69 Å². The second-order valence-corrected chi connectivity index (χ2v) is 8.28. The van der Waals surface area contributed by atoms with Crippen molar-refractivity contribution < 1.29 is 0 Å². The Bertz CT molecular complexity index is 1510. The zero-order valence-electron chi connectivity index (χ0n) is 18.5. The molecule has 0 amide bonds. The van der Waals surface area contributed by atoms with E-state index in [2.05, 4.69) is 32.0 Å². The first-order valence-corrected chi connectivity index (χ1v) is 10.5. The van der Waals surface area contributed by atoms with Gasteiger partial charge in [-0.2, -0.15) is 10.1 Å². The molecule has 5 rings (SSSR count). The molecule has 0 radical (unpaired) electrons. The summed E-state index contributed by atoms with van der Waals surface area (Å²) in [4.78, 5) is 30.3. The topological polar surface area (TPSA) is 77.4 Å². The van der Waals surface area contributed by atoms with E-state index in [1.165, 1.54) is 17.2 Å². The summed E-state index contributed by atoms with van der Waals surface area (Å²) in [5, 5.41) is 6.76. The molecule has 0 spiro atoms. The van der Waals surface area contributed by atoms with Crippen LogP contribution < -0.4 is 16.3 Å². The average molecular weight is 428 g/mol. The van der Waals surface area contributed by atoms with E-state index in [0.717, 1.165) is 27.0 Å². The molecule has 0 unspecified atom stereocenters. The number of aromatic nitrogens is 4. The van der Waals surface area contributed by atoms with E-state index < -0.39 is 5.69 Å². The molecule has 0 saturated heterocycles.